The van der Waals surface area contributed by atoms with E-state index < -0.39 is 12.0 Å². The second-order valence-corrected chi connectivity index (χ2v) is 4.16. The summed E-state index contributed by atoms with van der Waals surface area (Å²) in [6.07, 6.45) is -4.79. The van der Waals surface area contributed by atoms with Gasteiger partial charge >= 0.3 is 6.18 Å². The summed E-state index contributed by atoms with van der Waals surface area (Å²) >= 11 is 0. The smallest absolute Gasteiger partial charge is 0.376 e. The molecule has 1 atom stereocenters. The van der Waals surface area contributed by atoms with E-state index in [0.717, 1.165) is 0 Å². The Bertz CT molecular complexity index is 450. The van der Waals surface area contributed by atoms with Gasteiger partial charge in [0.2, 0.25) is 5.82 Å². The molecule has 20 heavy (non-hydrogen) atoms. The summed E-state index contributed by atoms with van der Waals surface area (Å²) in [5, 5.41) is 5.38. The van der Waals surface area contributed by atoms with Gasteiger partial charge in [-0.2, -0.15) is 13.2 Å². The molecule has 6 nitrogen and oxygen atoms in total. The molecule has 0 aliphatic carbocycles. The Morgan fingerprint density at radius 3 is 2.65 bits per heavy atom. The monoisotopic (exact) mass is 292 g/mol. The largest absolute Gasteiger partial charge is 0.451 e. The van der Waals surface area contributed by atoms with Gasteiger partial charge in [-0.05, 0) is 0 Å². The summed E-state index contributed by atoms with van der Waals surface area (Å²) in [6.45, 7) is 1.73. The first-order chi connectivity index (χ1) is 9.49. The third kappa shape index (κ3) is 3.94. The molecule has 1 aromatic heterocycles. The Morgan fingerprint density at radius 2 is 2.05 bits per heavy atom. The van der Waals surface area contributed by atoms with Crippen molar-refractivity contribution in [1.82, 2.24) is 9.97 Å². The number of ether oxygens (including phenoxy) is 2. The van der Waals surface area contributed by atoms with Crippen LogP contribution in [0.15, 0.2) is 6.07 Å². The fourth-order valence-electron chi connectivity index (χ4n) is 1.67. The molecule has 1 aliphatic heterocycles. The number of nitrogens with zero attached hydrogens (tertiary/aromatic N) is 2. The van der Waals surface area contributed by atoms with Crippen LogP contribution in [0.1, 0.15) is 5.82 Å². The third-order valence-corrected chi connectivity index (χ3v) is 2.63. The van der Waals surface area contributed by atoms with Crippen LogP contribution in [-0.4, -0.2) is 49.5 Å². The molecule has 0 saturated carbocycles. The minimum absolute atomic E-state index is 0.0887. The van der Waals surface area contributed by atoms with Crippen LogP contribution < -0.4 is 10.6 Å². The van der Waals surface area contributed by atoms with E-state index in [4.69, 9.17) is 9.47 Å². The van der Waals surface area contributed by atoms with E-state index in [1.54, 1.807) is 0 Å². The lowest BCUT2D eigenvalue weighted by Crippen LogP contribution is -2.34. The molecule has 9 heteroatoms. The van der Waals surface area contributed by atoms with Gasteiger partial charge < -0.3 is 20.1 Å². The predicted octanol–water partition coefficient (Wildman–Crippen LogP) is 1.36. The van der Waals surface area contributed by atoms with Crippen molar-refractivity contribution in [3.63, 3.8) is 0 Å². The van der Waals surface area contributed by atoms with Crippen molar-refractivity contribution in [2.24, 2.45) is 0 Å². The number of aromatic nitrogens is 2. The molecule has 1 unspecified atom stereocenters. The van der Waals surface area contributed by atoms with E-state index in [-0.39, 0.29) is 17.7 Å². The molecule has 1 aromatic rings. The molecule has 0 spiro atoms. The van der Waals surface area contributed by atoms with Gasteiger partial charge in [-0.15, -0.1) is 0 Å². The van der Waals surface area contributed by atoms with Crippen LogP contribution in [0.4, 0.5) is 24.8 Å². The van der Waals surface area contributed by atoms with Gasteiger partial charge in [-0.1, -0.05) is 0 Å². The van der Waals surface area contributed by atoms with E-state index in [0.29, 0.717) is 26.4 Å². The number of nitrogens with one attached hydrogen (secondary N) is 2. The lowest BCUT2D eigenvalue weighted by atomic mass is 10.3. The maximum atomic E-state index is 12.7. The second-order valence-electron chi connectivity index (χ2n) is 4.16. The molecular weight excluding hydrogens is 277 g/mol. The van der Waals surface area contributed by atoms with Gasteiger partial charge in [0.25, 0.3) is 0 Å². The van der Waals surface area contributed by atoms with Crippen molar-refractivity contribution in [2.45, 2.75) is 12.3 Å². The fraction of sp³-hybridized carbons (Fsp3) is 0.636. The number of anilines is 2. The van der Waals surface area contributed by atoms with Crippen molar-refractivity contribution in [3.05, 3.63) is 11.9 Å². The highest BCUT2D eigenvalue weighted by Crippen LogP contribution is 2.28. The average Bonchev–Trinajstić information content (AvgIpc) is 2.45. The highest BCUT2D eigenvalue weighted by atomic mass is 19.4. The first kappa shape index (κ1) is 14.8. The Morgan fingerprint density at radius 1 is 1.30 bits per heavy atom. The van der Waals surface area contributed by atoms with Crippen LogP contribution in [0.2, 0.25) is 0 Å². The molecule has 0 amide bonds. The Labute approximate surface area is 113 Å². The molecule has 1 aliphatic rings. The van der Waals surface area contributed by atoms with E-state index in [9.17, 15) is 13.2 Å². The lowest BCUT2D eigenvalue weighted by Gasteiger charge is -2.23. The SMILES string of the molecule is CNc1cc(NCC2COCCO2)nc(C(F)(F)F)n1. The molecule has 0 bridgehead atoms. The van der Waals surface area contributed by atoms with Crippen LogP contribution in [0, 0.1) is 0 Å². The molecule has 1 saturated heterocycles. The molecule has 2 heterocycles. The summed E-state index contributed by atoms with van der Waals surface area (Å²) in [5.41, 5.74) is 0. The van der Waals surface area contributed by atoms with Crippen molar-refractivity contribution in [1.29, 1.82) is 0 Å². The maximum absolute atomic E-state index is 12.7. The minimum atomic E-state index is -4.59. The van der Waals surface area contributed by atoms with Gasteiger partial charge in [0, 0.05) is 19.7 Å². The van der Waals surface area contributed by atoms with Crippen molar-refractivity contribution >= 4 is 11.6 Å². The van der Waals surface area contributed by atoms with Gasteiger partial charge in [-0.25, -0.2) is 9.97 Å². The van der Waals surface area contributed by atoms with Gasteiger partial charge in [-0.3, -0.25) is 0 Å². The summed E-state index contributed by atoms with van der Waals surface area (Å²) in [6, 6.07) is 1.40. The highest BCUT2D eigenvalue weighted by molar-refractivity contribution is 5.47. The molecule has 112 valence electrons. The van der Waals surface area contributed by atoms with E-state index >= 15 is 0 Å². The Hall–Kier alpha value is -1.61. The highest BCUT2D eigenvalue weighted by Gasteiger charge is 2.35. The average molecular weight is 292 g/mol. The quantitative estimate of drug-likeness (QED) is 0.873. The molecule has 0 aromatic carbocycles. The Balaban J connectivity index is 2.06. The second kappa shape index (κ2) is 6.23. The first-order valence-electron chi connectivity index (χ1n) is 6.06. The van der Waals surface area contributed by atoms with Crippen LogP contribution in [-0.2, 0) is 15.7 Å². The number of hydrogen-bond acceptors (Lipinski definition) is 6. The normalized spacial score (nSPS) is 19.7. The lowest BCUT2D eigenvalue weighted by molar-refractivity contribution is -0.144. The number of rotatable bonds is 4. The zero-order valence-electron chi connectivity index (χ0n) is 10.8. The van der Waals surface area contributed by atoms with Gasteiger partial charge in [0.1, 0.15) is 11.6 Å². The van der Waals surface area contributed by atoms with Gasteiger partial charge in [0.05, 0.1) is 25.9 Å². The zero-order valence-corrected chi connectivity index (χ0v) is 10.8. The Kier molecular flexibility index (Phi) is 4.61. The third-order valence-electron chi connectivity index (χ3n) is 2.63. The molecular formula is C11H15F3N4O2. The summed E-state index contributed by atoms with van der Waals surface area (Å²) in [7, 11) is 1.49. The van der Waals surface area contributed by atoms with E-state index in [1.165, 1.54) is 13.1 Å². The molecule has 0 radical (unpaired) electrons. The van der Waals surface area contributed by atoms with Crippen molar-refractivity contribution in [2.75, 3.05) is 44.0 Å². The molecule has 2 N–H and O–H groups in total. The van der Waals surface area contributed by atoms with Crippen LogP contribution in [0.3, 0.4) is 0 Å². The fourth-order valence-corrected chi connectivity index (χ4v) is 1.67. The molecule has 2 rings (SSSR count). The van der Waals surface area contributed by atoms with Crippen LogP contribution >= 0.6 is 0 Å². The standard InChI is InChI=1S/C11H15F3N4O2/c1-15-8-4-9(18-10(17-8)11(12,13)14)16-5-7-6-19-2-3-20-7/h4,7H,2-3,5-6H2,1H3,(H2,15,16,17,18). The first-order valence-corrected chi connectivity index (χ1v) is 6.06. The van der Waals surface area contributed by atoms with E-state index in [2.05, 4.69) is 20.6 Å². The van der Waals surface area contributed by atoms with Crippen molar-refractivity contribution in [3.8, 4) is 0 Å². The van der Waals surface area contributed by atoms with Crippen LogP contribution in [0.5, 0.6) is 0 Å². The summed E-state index contributed by atoms with van der Waals surface area (Å²) in [5.74, 6) is -1.01. The number of hydrogen-bond donors (Lipinski definition) is 2. The van der Waals surface area contributed by atoms with E-state index in [1.807, 2.05) is 0 Å². The van der Waals surface area contributed by atoms with Crippen LogP contribution in [0.25, 0.3) is 0 Å². The summed E-state index contributed by atoms with van der Waals surface area (Å²) in [4.78, 5) is 6.83. The van der Waals surface area contributed by atoms with Gasteiger partial charge in [0.15, 0.2) is 0 Å². The summed E-state index contributed by atoms with van der Waals surface area (Å²) < 4.78 is 48.5. The number of alkyl halides is 3. The number of halogens is 3. The minimum Gasteiger partial charge on any atom is -0.376 e. The topological polar surface area (TPSA) is 68.3 Å². The zero-order chi connectivity index (χ0) is 14.6. The van der Waals surface area contributed by atoms with Crippen molar-refractivity contribution < 1.29 is 22.6 Å². The molecule has 1 fully saturated rings. The predicted molar refractivity (Wildman–Crippen MR) is 65.6 cm³/mol. The maximum Gasteiger partial charge on any atom is 0.451 e.